The molecule has 2 aromatic carbocycles. The van der Waals surface area contributed by atoms with E-state index in [2.05, 4.69) is 34.9 Å². The number of nitrogens with one attached hydrogen (secondary N) is 3. The molecule has 140 valence electrons. The van der Waals surface area contributed by atoms with Gasteiger partial charge in [0.05, 0.1) is 5.52 Å². The van der Waals surface area contributed by atoms with E-state index in [0.29, 0.717) is 11.1 Å². The summed E-state index contributed by atoms with van der Waals surface area (Å²) in [7, 11) is 0. The van der Waals surface area contributed by atoms with Crippen LogP contribution in [0.3, 0.4) is 0 Å². The zero-order valence-corrected chi connectivity index (χ0v) is 15.5. The number of amides is 2. The molecule has 1 aromatic heterocycles. The van der Waals surface area contributed by atoms with Crippen LogP contribution < -0.4 is 15.6 Å². The van der Waals surface area contributed by atoms with E-state index in [1.807, 2.05) is 43.3 Å². The van der Waals surface area contributed by atoms with Crippen molar-refractivity contribution in [2.24, 2.45) is 0 Å². The van der Waals surface area contributed by atoms with Crippen LogP contribution in [0.1, 0.15) is 41.4 Å². The molecule has 0 aliphatic rings. The fourth-order valence-electron chi connectivity index (χ4n) is 2.75. The summed E-state index contributed by atoms with van der Waals surface area (Å²) in [4.78, 5) is 24.3. The van der Waals surface area contributed by atoms with E-state index < -0.39 is 11.8 Å². The number of H-pyrrole nitrogens is 1. The molecule has 0 bridgehead atoms. The second-order valence-electron chi connectivity index (χ2n) is 6.60. The lowest BCUT2D eigenvalue weighted by atomic mass is 10.0. The van der Waals surface area contributed by atoms with E-state index in [1.54, 1.807) is 6.07 Å². The van der Waals surface area contributed by atoms with Crippen LogP contribution in [0, 0.1) is 6.92 Å². The van der Waals surface area contributed by atoms with Gasteiger partial charge < -0.3 is 4.74 Å². The number of carbonyl (C=O) groups is 2. The zero-order chi connectivity index (χ0) is 19.4. The maximum Gasteiger partial charge on any atom is 0.290 e. The Balaban J connectivity index is 1.57. The van der Waals surface area contributed by atoms with Crippen molar-refractivity contribution >= 4 is 22.7 Å². The molecule has 7 heteroatoms. The minimum Gasteiger partial charge on any atom is -0.483 e. The van der Waals surface area contributed by atoms with Crippen LogP contribution in [-0.2, 0) is 4.79 Å². The molecule has 0 saturated carbocycles. The van der Waals surface area contributed by atoms with Gasteiger partial charge in [-0.25, -0.2) is 0 Å². The summed E-state index contributed by atoms with van der Waals surface area (Å²) >= 11 is 0. The highest BCUT2D eigenvalue weighted by atomic mass is 16.5. The Labute approximate surface area is 157 Å². The molecule has 27 heavy (non-hydrogen) atoms. The van der Waals surface area contributed by atoms with E-state index in [-0.39, 0.29) is 18.2 Å². The first kappa shape index (κ1) is 18.4. The fraction of sp³-hybridized carbons (Fsp3) is 0.250. The Kier molecular flexibility index (Phi) is 5.40. The molecule has 3 aromatic rings. The maximum atomic E-state index is 12.2. The smallest absolute Gasteiger partial charge is 0.290 e. The molecule has 3 N–H and O–H groups in total. The number of hydrogen-bond acceptors (Lipinski definition) is 4. The molecule has 3 rings (SSSR count). The second-order valence-corrected chi connectivity index (χ2v) is 6.60. The van der Waals surface area contributed by atoms with Crippen LogP contribution in [-0.4, -0.2) is 28.6 Å². The standard InChI is InChI=1S/C20H22N4O3/c1-12(2)14-9-8-13(3)10-17(14)27-11-18(25)22-24-20(26)19-15-6-4-5-7-16(15)21-23-19/h4-10,12H,11H2,1-3H3,(H,21,23)(H,22,25)(H,24,26). The Morgan fingerprint density at radius 2 is 1.93 bits per heavy atom. The van der Waals surface area contributed by atoms with Gasteiger partial charge in [-0.05, 0) is 36.1 Å². The van der Waals surface area contributed by atoms with Crippen LogP contribution in [0.2, 0.25) is 0 Å². The minimum atomic E-state index is -0.501. The van der Waals surface area contributed by atoms with Gasteiger partial charge in [0, 0.05) is 5.39 Å². The number of benzene rings is 2. The summed E-state index contributed by atoms with van der Waals surface area (Å²) in [6.07, 6.45) is 0. The lowest BCUT2D eigenvalue weighted by molar-refractivity contribution is -0.123. The number of aromatic amines is 1. The van der Waals surface area contributed by atoms with Crippen molar-refractivity contribution in [3.05, 3.63) is 59.3 Å². The summed E-state index contributed by atoms with van der Waals surface area (Å²) < 4.78 is 5.65. The number of aromatic nitrogens is 2. The number of fused-ring (bicyclic) bond motifs is 1. The van der Waals surface area contributed by atoms with Crippen LogP contribution in [0.4, 0.5) is 0 Å². The van der Waals surface area contributed by atoms with Crippen molar-refractivity contribution in [3.63, 3.8) is 0 Å². The van der Waals surface area contributed by atoms with E-state index >= 15 is 0 Å². The number of hydrazine groups is 1. The molecular weight excluding hydrogens is 344 g/mol. The summed E-state index contributed by atoms with van der Waals surface area (Å²) in [5, 5.41) is 7.45. The zero-order valence-electron chi connectivity index (χ0n) is 15.5. The van der Waals surface area contributed by atoms with Gasteiger partial charge in [-0.2, -0.15) is 5.10 Å². The lowest BCUT2D eigenvalue weighted by Gasteiger charge is -2.15. The molecule has 0 unspecified atom stereocenters. The number of para-hydroxylation sites is 1. The Hall–Kier alpha value is -3.35. The van der Waals surface area contributed by atoms with E-state index in [4.69, 9.17) is 4.74 Å². The monoisotopic (exact) mass is 366 g/mol. The highest BCUT2D eigenvalue weighted by Gasteiger charge is 2.15. The average molecular weight is 366 g/mol. The number of nitrogens with zero attached hydrogens (tertiary/aromatic N) is 1. The first-order chi connectivity index (χ1) is 13.0. The highest BCUT2D eigenvalue weighted by Crippen LogP contribution is 2.27. The molecule has 0 radical (unpaired) electrons. The van der Waals surface area contributed by atoms with Crippen LogP contribution in [0.25, 0.3) is 10.9 Å². The third-order valence-corrected chi connectivity index (χ3v) is 4.15. The van der Waals surface area contributed by atoms with Crippen molar-refractivity contribution in [1.29, 1.82) is 0 Å². The molecule has 0 atom stereocenters. The fourth-order valence-corrected chi connectivity index (χ4v) is 2.75. The van der Waals surface area contributed by atoms with Crippen LogP contribution in [0.15, 0.2) is 42.5 Å². The van der Waals surface area contributed by atoms with E-state index in [9.17, 15) is 9.59 Å². The predicted octanol–water partition coefficient (Wildman–Crippen LogP) is 2.83. The quantitative estimate of drug-likeness (QED) is 0.605. The first-order valence-corrected chi connectivity index (χ1v) is 8.71. The Morgan fingerprint density at radius 3 is 2.70 bits per heavy atom. The average Bonchev–Trinajstić information content (AvgIpc) is 3.08. The molecule has 2 amide bonds. The molecule has 0 saturated heterocycles. The van der Waals surface area contributed by atoms with Gasteiger partial charge in [-0.3, -0.25) is 25.5 Å². The molecule has 1 heterocycles. The Bertz CT molecular complexity index is 978. The van der Waals surface area contributed by atoms with Gasteiger partial charge in [-0.1, -0.05) is 44.2 Å². The normalized spacial score (nSPS) is 10.8. The highest BCUT2D eigenvalue weighted by molar-refractivity contribution is 6.05. The lowest BCUT2D eigenvalue weighted by Crippen LogP contribution is -2.44. The number of ether oxygens (including phenoxy) is 1. The Morgan fingerprint density at radius 1 is 1.15 bits per heavy atom. The number of aryl methyl sites for hydroxylation is 1. The summed E-state index contributed by atoms with van der Waals surface area (Å²) in [6.45, 7) is 5.88. The molecule has 7 nitrogen and oxygen atoms in total. The van der Waals surface area contributed by atoms with Gasteiger partial charge >= 0.3 is 0 Å². The largest absolute Gasteiger partial charge is 0.483 e. The van der Waals surface area contributed by atoms with E-state index in [1.165, 1.54) is 0 Å². The molecule has 0 fully saturated rings. The second kappa shape index (κ2) is 7.90. The van der Waals surface area contributed by atoms with Crippen LogP contribution >= 0.6 is 0 Å². The van der Waals surface area contributed by atoms with Gasteiger partial charge in [0.1, 0.15) is 5.75 Å². The number of carbonyl (C=O) groups excluding carboxylic acids is 2. The third kappa shape index (κ3) is 4.25. The topological polar surface area (TPSA) is 96.1 Å². The van der Waals surface area contributed by atoms with Crippen molar-refractivity contribution in [1.82, 2.24) is 21.0 Å². The minimum absolute atomic E-state index is 0.204. The molecule has 0 aliphatic heterocycles. The van der Waals surface area contributed by atoms with Crippen LogP contribution in [0.5, 0.6) is 5.75 Å². The van der Waals surface area contributed by atoms with Gasteiger partial charge in [0.15, 0.2) is 12.3 Å². The maximum absolute atomic E-state index is 12.2. The summed E-state index contributed by atoms with van der Waals surface area (Å²) in [5.74, 6) is -0.0142. The van der Waals surface area contributed by atoms with Crippen molar-refractivity contribution in [2.75, 3.05) is 6.61 Å². The van der Waals surface area contributed by atoms with Gasteiger partial charge in [0.25, 0.3) is 11.8 Å². The number of hydrogen-bond donors (Lipinski definition) is 3. The number of rotatable bonds is 5. The molecule has 0 spiro atoms. The van der Waals surface area contributed by atoms with Crippen molar-refractivity contribution in [2.45, 2.75) is 26.7 Å². The summed E-state index contributed by atoms with van der Waals surface area (Å²) in [5.41, 5.74) is 7.75. The van der Waals surface area contributed by atoms with Crippen molar-refractivity contribution in [3.8, 4) is 5.75 Å². The third-order valence-electron chi connectivity index (χ3n) is 4.15. The SMILES string of the molecule is Cc1ccc(C(C)C)c(OCC(=O)NNC(=O)c2n[nH]c3ccccc23)c1. The first-order valence-electron chi connectivity index (χ1n) is 8.71. The van der Waals surface area contributed by atoms with E-state index in [0.717, 1.165) is 16.6 Å². The van der Waals surface area contributed by atoms with Gasteiger partial charge in [-0.15, -0.1) is 0 Å². The van der Waals surface area contributed by atoms with Gasteiger partial charge in [0.2, 0.25) is 0 Å². The predicted molar refractivity (Wildman–Crippen MR) is 102 cm³/mol. The summed E-state index contributed by atoms with van der Waals surface area (Å²) in [6, 6.07) is 13.2. The molecule has 0 aliphatic carbocycles. The van der Waals surface area contributed by atoms with Crippen molar-refractivity contribution < 1.29 is 14.3 Å². The molecular formula is C20H22N4O3.